The lowest BCUT2D eigenvalue weighted by Crippen LogP contribution is -2.47. The first-order chi connectivity index (χ1) is 17.8. The van der Waals surface area contributed by atoms with Crippen LogP contribution in [-0.4, -0.2) is 68.4 Å². The van der Waals surface area contributed by atoms with Gasteiger partial charge < -0.3 is 24.8 Å². The molecule has 2 heterocycles. The van der Waals surface area contributed by atoms with Gasteiger partial charge in [-0.05, 0) is 53.9 Å². The lowest BCUT2D eigenvalue weighted by molar-refractivity contribution is -0.137. The molecule has 10 heteroatoms. The van der Waals surface area contributed by atoms with Crippen molar-refractivity contribution in [3.05, 3.63) is 71.6 Å². The first kappa shape index (κ1) is 26.2. The topological polar surface area (TPSA) is 99.4 Å². The number of carbonyl (C=O) groups is 2. The highest BCUT2D eigenvalue weighted by Crippen LogP contribution is 2.27. The smallest absolute Gasteiger partial charge is 0.244 e. The van der Waals surface area contributed by atoms with E-state index in [1.807, 2.05) is 38.4 Å². The van der Waals surface area contributed by atoms with E-state index in [0.717, 1.165) is 16.7 Å². The molecule has 0 aliphatic carbocycles. The molecule has 9 nitrogen and oxygen atoms in total. The number of aliphatic imine (C=N–C) groups is 1. The Kier molecular flexibility index (Phi) is 8.47. The Morgan fingerprint density at radius 3 is 2.78 bits per heavy atom. The van der Waals surface area contributed by atoms with Gasteiger partial charge in [-0.25, -0.2) is 5.01 Å². The Hall–Kier alpha value is -3.82. The largest absolute Gasteiger partial charge is 0.496 e. The van der Waals surface area contributed by atoms with Gasteiger partial charge in [-0.15, -0.1) is 0 Å². The summed E-state index contributed by atoms with van der Waals surface area (Å²) in [4.78, 5) is 32.8. The number of nitrogens with one attached hydrogen (secondary N) is 2. The van der Waals surface area contributed by atoms with Gasteiger partial charge >= 0.3 is 0 Å². The molecule has 1 atom stereocenters. The number of halogens is 1. The van der Waals surface area contributed by atoms with E-state index in [9.17, 15) is 9.59 Å². The summed E-state index contributed by atoms with van der Waals surface area (Å²) in [6, 6.07) is 14.6. The van der Waals surface area contributed by atoms with Crippen molar-refractivity contribution in [3.63, 3.8) is 0 Å². The van der Waals surface area contributed by atoms with Crippen LogP contribution in [0.4, 0.5) is 5.69 Å². The van der Waals surface area contributed by atoms with Crippen molar-refractivity contribution in [3.8, 4) is 16.9 Å². The summed E-state index contributed by atoms with van der Waals surface area (Å²) < 4.78 is 10.6. The number of furan rings is 1. The first-order valence-corrected chi connectivity index (χ1v) is 12.2. The van der Waals surface area contributed by atoms with Crippen LogP contribution in [0.1, 0.15) is 5.56 Å². The molecule has 0 saturated heterocycles. The highest BCUT2D eigenvalue weighted by molar-refractivity contribution is 6.30. The predicted molar refractivity (Wildman–Crippen MR) is 144 cm³/mol. The lowest BCUT2D eigenvalue weighted by atomic mass is 9.97. The van der Waals surface area contributed by atoms with Crippen molar-refractivity contribution in [1.29, 1.82) is 0 Å². The number of amidine groups is 1. The quantitative estimate of drug-likeness (QED) is 0.437. The van der Waals surface area contributed by atoms with Crippen LogP contribution in [-0.2, 0) is 16.0 Å². The van der Waals surface area contributed by atoms with Gasteiger partial charge in [-0.1, -0.05) is 23.7 Å². The fraction of sp³-hybridized carbons (Fsp3) is 0.296. The number of anilines is 1. The molecule has 1 aliphatic rings. The standard InChI is InChI=1S/C27H30ClN5O4/c1-32(2)31-25-15-33(16-26(34)30-23-6-4-5-18(13-23)19-9-10-37-17-19)27(35)21(14-29-25)11-20-12-22(28)7-8-24(20)36-3/h4-10,12-13,17,21H,11,14-16H2,1-3H3,(H,29,31)(H,30,34)/t21-/m1/s1. The summed E-state index contributed by atoms with van der Waals surface area (Å²) in [5, 5.41) is 5.22. The van der Waals surface area contributed by atoms with Crippen LogP contribution in [0.15, 0.2) is 70.5 Å². The molecule has 0 saturated carbocycles. The van der Waals surface area contributed by atoms with E-state index in [-0.39, 0.29) is 31.4 Å². The summed E-state index contributed by atoms with van der Waals surface area (Å²) in [5.74, 6) is 0.310. The normalized spacial score (nSPS) is 15.8. The molecule has 0 fully saturated rings. The summed E-state index contributed by atoms with van der Waals surface area (Å²) in [6.07, 6.45) is 3.62. The Balaban J connectivity index is 1.51. The van der Waals surface area contributed by atoms with Crippen molar-refractivity contribution in [2.45, 2.75) is 6.42 Å². The number of amides is 2. The van der Waals surface area contributed by atoms with Gasteiger partial charge in [0.05, 0.1) is 38.6 Å². The van der Waals surface area contributed by atoms with Crippen LogP contribution in [0, 0.1) is 5.92 Å². The second-order valence-corrected chi connectivity index (χ2v) is 9.42. The molecule has 0 spiro atoms. The van der Waals surface area contributed by atoms with Crippen molar-refractivity contribution < 1.29 is 18.7 Å². The van der Waals surface area contributed by atoms with E-state index in [1.54, 1.807) is 48.9 Å². The number of methoxy groups -OCH3 is 1. The van der Waals surface area contributed by atoms with Gasteiger partial charge in [0.25, 0.3) is 0 Å². The zero-order valence-electron chi connectivity index (χ0n) is 21.0. The molecule has 37 heavy (non-hydrogen) atoms. The predicted octanol–water partition coefficient (Wildman–Crippen LogP) is 3.71. The minimum Gasteiger partial charge on any atom is -0.496 e. The Morgan fingerprint density at radius 1 is 1.22 bits per heavy atom. The lowest BCUT2D eigenvalue weighted by Gasteiger charge is -2.25. The number of nitrogens with zero attached hydrogens (tertiary/aromatic N) is 3. The molecular formula is C27H30ClN5O4. The van der Waals surface area contributed by atoms with Crippen LogP contribution in [0.5, 0.6) is 5.75 Å². The van der Waals surface area contributed by atoms with Crippen LogP contribution in [0.25, 0.3) is 11.1 Å². The molecule has 4 rings (SSSR count). The van der Waals surface area contributed by atoms with Crippen LogP contribution in [0.3, 0.4) is 0 Å². The van der Waals surface area contributed by atoms with E-state index in [4.69, 9.17) is 20.8 Å². The van der Waals surface area contributed by atoms with Crippen LogP contribution >= 0.6 is 11.6 Å². The molecular weight excluding hydrogens is 494 g/mol. The summed E-state index contributed by atoms with van der Waals surface area (Å²) in [5.41, 5.74) is 6.41. The molecule has 0 unspecified atom stereocenters. The van der Waals surface area contributed by atoms with Gasteiger partial charge in [0, 0.05) is 30.4 Å². The highest BCUT2D eigenvalue weighted by atomic mass is 35.5. The molecule has 1 aliphatic heterocycles. The van der Waals surface area contributed by atoms with E-state index >= 15 is 0 Å². The maximum Gasteiger partial charge on any atom is 0.244 e. The minimum atomic E-state index is -0.481. The van der Waals surface area contributed by atoms with Crippen molar-refractivity contribution in [2.75, 3.05) is 46.2 Å². The third-order valence-corrected chi connectivity index (χ3v) is 6.14. The minimum absolute atomic E-state index is 0.119. The van der Waals surface area contributed by atoms with E-state index in [0.29, 0.717) is 28.7 Å². The fourth-order valence-electron chi connectivity index (χ4n) is 4.23. The molecule has 1 aromatic heterocycles. The van der Waals surface area contributed by atoms with Crippen LogP contribution < -0.4 is 15.5 Å². The maximum atomic E-state index is 13.6. The number of rotatable bonds is 8. The second kappa shape index (κ2) is 11.9. The first-order valence-electron chi connectivity index (χ1n) is 11.8. The Bertz CT molecular complexity index is 1280. The number of hydrogen-bond donors (Lipinski definition) is 2. The molecule has 2 N–H and O–H groups in total. The third kappa shape index (κ3) is 6.90. The number of hydrogen-bond acceptors (Lipinski definition) is 7. The monoisotopic (exact) mass is 523 g/mol. The average Bonchev–Trinajstić information content (AvgIpc) is 3.36. The van der Waals surface area contributed by atoms with E-state index in [2.05, 4.69) is 15.7 Å². The summed E-state index contributed by atoms with van der Waals surface area (Å²) >= 11 is 6.21. The van der Waals surface area contributed by atoms with Crippen LogP contribution in [0.2, 0.25) is 5.02 Å². The number of ether oxygens (including phenoxy) is 1. The fourth-order valence-corrected chi connectivity index (χ4v) is 4.43. The molecule has 194 valence electrons. The number of hydrazine groups is 1. The van der Waals surface area contributed by atoms with Crippen molar-refractivity contribution >= 4 is 34.9 Å². The Labute approximate surface area is 221 Å². The average molecular weight is 524 g/mol. The number of carbonyl (C=O) groups excluding carboxylic acids is 2. The van der Waals surface area contributed by atoms with E-state index in [1.165, 1.54) is 4.90 Å². The zero-order valence-corrected chi connectivity index (χ0v) is 21.8. The van der Waals surface area contributed by atoms with Gasteiger partial charge in [-0.2, -0.15) is 0 Å². The second-order valence-electron chi connectivity index (χ2n) is 8.99. The Morgan fingerprint density at radius 2 is 2.05 bits per heavy atom. The van der Waals surface area contributed by atoms with Crippen molar-refractivity contribution in [1.82, 2.24) is 15.3 Å². The molecule has 2 amide bonds. The van der Waals surface area contributed by atoms with Crippen molar-refractivity contribution in [2.24, 2.45) is 10.9 Å². The zero-order chi connectivity index (χ0) is 26.4. The van der Waals surface area contributed by atoms with E-state index < -0.39 is 5.92 Å². The summed E-state index contributed by atoms with van der Waals surface area (Å²) in [7, 11) is 5.26. The van der Waals surface area contributed by atoms with Gasteiger partial charge in [0.2, 0.25) is 11.8 Å². The molecule has 2 aromatic carbocycles. The highest BCUT2D eigenvalue weighted by Gasteiger charge is 2.31. The van der Waals surface area contributed by atoms with Gasteiger partial charge in [0.15, 0.2) is 0 Å². The molecule has 0 radical (unpaired) electrons. The molecule has 3 aromatic rings. The third-order valence-electron chi connectivity index (χ3n) is 5.90. The molecule has 0 bridgehead atoms. The number of benzene rings is 2. The maximum absolute atomic E-state index is 13.6. The SMILES string of the molecule is COc1ccc(Cl)cc1C[C@@H]1CN=C(NN(C)C)CN(CC(=O)Nc2cccc(-c3ccoc3)c2)C1=O. The van der Waals surface area contributed by atoms with Gasteiger partial charge in [0.1, 0.15) is 18.1 Å². The van der Waals surface area contributed by atoms with Gasteiger partial charge in [-0.3, -0.25) is 14.6 Å². The summed E-state index contributed by atoms with van der Waals surface area (Å²) in [6.45, 7) is 0.338.